The fraction of sp³-hybridized carbons (Fsp3) is 1.00. The van der Waals surface area contributed by atoms with E-state index in [0.717, 1.165) is 38.5 Å². The molecule has 4 nitrogen and oxygen atoms in total. The maximum atomic E-state index is 5.65. The minimum atomic E-state index is -1.31. The minimum absolute atomic E-state index is 0.586. The molecule has 0 bridgehead atoms. The molecule has 0 aliphatic heterocycles. The van der Waals surface area contributed by atoms with Gasteiger partial charge in [-0.3, -0.25) is 0 Å². The Labute approximate surface area is 112 Å². The van der Waals surface area contributed by atoms with Gasteiger partial charge in [-0.15, -0.1) is 0 Å². The van der Waals surface area contributed by atoms with E-state index in [-0.39, 0.29) is 0 Å². The van der Waals surface area contributed by atoms with Crippen molar-refractivity contribution in [1.82, 2.24) is 0 Å². The van der Waals surface area contributed by atoms with Crippen LogP contribution in [0.1, 0.15) is 59.3 Å². The maximum Gasteiger partial charge on any atom is 0.412 e. The topological polar surface area (TPSA) is 36.9 Å². The van der Waals surface area contributed by atoms with Crippen LogP contribution in [-0.2, 0) is 18.9 Å². The van der Waals surface area contributed by atoms with Crippen LogP contribution < -0.4 is 0 Å². The van der Waals surface area contributed by atoms with Crippen molar-refractivity contribution in [3.63, 3.8) is 0 Å². The van der Waals surface area contributed by atoms with E-state index in [4.69, 9.17) is 18.9 Å². The number of methoxy groups -OCH3 is 1. The molecule has 0 saturated heterocycles. The first kappa shape index (κ1) is 17.8. The highest BCUT2D eigenvalue weighted by Crippen LogP contribution is 2.18. The molecular weight excluding hydrogens is 232 g/mol. The highest BCUT2D eigenvalue weighted by molar-refractivity contribution is 4.45. The Morgan fingerprint density at radius 3 is 1.22 bits per heavy atom. The van der Waals surface area contributed by atoms with Crippen molar-refractivity contribution in [1.29, 1.82) is 0 Å². The molecule has 0 atom stereocenters. The fourth-order valence-corrected chi connectivity index (χ4v) is 1.33. The largest absolute Gasteiger partial charge is 0.412 e. The number of hydrogen-bond donors (Lipinski definition) is 0. The van der Waals surface area contributed by atoms with Gasteiger partial charge in [0.15, 0.2) is 0 Å². The third-order valence-electron chi connectivity index (χ3n) is 2.58. The molecule has 0 aromatic carbocycles. The average molecular weight is 262 g/mol. The van der Waals surface area contributed by atoms with Gasteiger partial charge in [0, 0.05) is 7.11 Å². The Morgan fingerprint density at radius 1 is 0.667 bits per heavy atom. The van der Waals surface area contributed by atoms with Crippen molar-refractivity contribution < 1.29 is 18.9 Å². The summed E-state index contributed by atoms with van der Waals surface area (Å²) in [7, 11) is 1.56. The lowest BCUT2D eigenvalue weighted by Crippen LogP contribution is -2.42. The summed E-state index contributed by atoms with van der Waals surface area (Å²) in [6, 6.07) is 0. The molecule has 0 spiro atoms. The second-order valence-corrected chi connectivity index (χ2v) is 4.31. The second kappa shape index (κ2) is 11.9. The van der Waals surface area contributed by atoms with Crippen LogP contribution in [0, 0.1) is 0 Å². The zero-order valence-corrected chi connectivity index (χ0v) is 12.5. The molecule has 0 unspecified atom stereocenters. The van der Waals surface area contributed by atoms with E-state index >= 15 is 0 Å². The van der Waals surface area contributed by atoms with Gasteiger partial charge in [0.2, 0.25) is 0 Å². The number of hydrogen-bond acceptors (Lipinski definition) is 4. The molecule has 0 amide bonds. The van der Waals surface area contributed by atoms with Gasteiger partial charge in [-0.05, 0) is 19.3 Å². The van der Waals surface area contributed by atoms with Gasteiger partial charge in [0.1, 0.15) is 0 Å². The van der Waals surface area contributed by atoms with Gasteiger partial charge in [-0.2, -0.15) is 0 Å². The van der Waals surface area contributed by atoms with Crippen molar-refractivity contribution >= 4 is 0 Å². The van der Waals surface area contributed by atoms with Crippen LogP contribution >= 0.6 is 0 Å². The summed E-state index contributed by atoms with van der Waals surface area (Å²) >= 11 is 0. The fourth-order valence-electron chi connectivity index (χ4n) is 1.33. The van der Waals surface area contributed by atoms with Crippen LogP contribution in [0.15, 0.2) is 0 Å². The van der Waals surface area contributed by atoms with Crippen LogP contribution in [0.25, 0.3) is 0 Å². The molecule has 0 aliphatic rings. The van der Waals surface area contributed by atoms with Gasteiger partial charge in [0.25, 0.3) is 0 Å². The summed E-state index contributed by atoms with van der Waals surface area (Å²) in [6.07, 6.45) is 4.83. The molecule has 0 rings (SSSR count). The molecule has 110 valence electrons. The molecule has 0 radical (unpaired) electrons. The Hall–Kier alpha value is -0.160. The Bertz CT molecular complexity index is 147. The summed E-state index contributed by atoms with van der Waals surface area (Å²) in [4.78, 5) is 0. The predicted octanol–water partition coefficient (Wildman–Crippen LogP) is 3.69. The SMILES string of the molecule is CCCCOC(OC)(OCCCC)OCCCC. The second-order valence-electron chi connectivity index (χ2n) is 4.31. The molecule has 0 N–H and O–H groups in total. The first-order valence-electron chi connectivity index (χ1n) is 7.21. The monoisotopic (exact) mass is 262 g/mol. The molecule has 4 heteroatoms. The molecule has 0 heterocycles. The van der Waals surface area contributed by atoms with Crippen molar-refractivity contribution in [2.75, 3.05) is 26.9 Å². The highest BCUT2D eigenvalue weighted by Gasteiger charge is 2.33. The Kier molecular flexibility index (Phi) is 11.8. The van der Waals surface area contributed by atoms with E-state index in [1.165, 1.54) is 0 Å². The zero-order valence-electron chi connectivity index (χ0n) is 12.5. The van der Waals surface area contributed by atoms with Crippen LogP contribution in [-0.4, -0.2) is 33.1 Å². The smallest absolute Gasteiger partial charge is 0.307 e. The van der Waals surface area contributed by atoms with Crippen LogP contribution in [0.5, 0.6) is 0 Å². The molecule has 18 heavy (non-hydrogen) atoms. The Morgan fingerprint density at radius 2 is 1.00 bits per heavy atom. The van der Waals surface area contributed by atoms with Gasteiger partial charge in [-0.1, -0.05) is 40.0 Å². The standard InChI is InChI=1S/C14H30O4/c1-5-8-11-16-14(15-4,17-12-9-6-2)18-13-10-7-3/h5-13H2,1-4H3. The number of ether oxygens (including phenoxy) is 4. The van der Waals surface area contributed by atoms with E-state index in [0.29, 0.717) is 19.8 Å². The summed E-state index contributed by atoms with van der Waals surface area (Å²) < 4.78 is 22.2. The van der Waals surface area contributed by atoms with E-state index in [2.05, 4.69) is 20.8 Å². The summed E-state index contributed by atoms with van der Waals surface area (Å²) in [5.74, 6) is 0. The van der Waals surface area contributed by atoms with Gasteiger partial charge in [-0.25, -0.2) is 0 Å². The van der Waals surface area contributed by atoms with E-state index in [1.54, 1.807) is 7.11 Å². The van der Waals surface area contributed by atoms with E-state index in [1.807, 2.05) is 0 Å². The molecule has 0 fully saturated rings. The Balaban J connectivity index is 4.20. The number of rotatable bonds is 13. The molecular formula is C14H30O4. The third kappa shape index (κ3) is 8.03. The maximum absolute atomic E-state index is 5.65. The number of unbranched alkanes of at least 4 members (excludes halogenated alkanes) is 3. The van der Waals surface area contributed by atoms with Gasteiger partial charge in [0.05, 0.1) is 19.8 Å². The first-order chi connectivity index (χ1) is 8.74. The van der Waals surface area contributed by atoms with E-state index in [9.17, 15) is 0 Å². The quantitative estimate of drug-likeness (QED) is 0.375. The molecule has 0 saturated carbocycles. The van der Waals surface area contributed by atoms with Crippen LogP contribution in [0.2, 0.25) is 0 Å². The van der Waals surface area contributed by atoms with Crippen molar-refractivity contribution in [3.8, 4) is 0 Å². The van der Waals surface area contributed by atoms with E-state index < -0.39 is 6.16 Å². The molecule has 0 aromatic heterocycles. The highest BCUT2D eigenvalue weighted by atomic mass is 17.0. The van der Waals surface area contributed by atoms with Gasteiger partial charge < -0.3 is 18.9 Å². The molecule has 0 aliphatic carbocycles. The zero-order chi connectivity index (χ0) is 13.7. The predicted molar refractivity (Wildman–Crippen MR) is 72.3 cm³/mol. The third-order valence-corrected chi connectivity index (χ3v) is 2.58. The summed E-state index contributed by atoms with van der Waals surface area (Å²) in [5.41, 5.74) is 0. The lowest BCUT2D eigenvalue weighted by molar-refractivity contribution is -0.493. The van der Waals surface area contributed by atoms with Crippen molar-refractivity contribution in [3.05, 3.63) is 0 Å². The van der Waals surface area contributed by atoms with Crippen LogP contribution in [0.4, 0.5) is 0 Å². The average Bonchev–Trinajstić information content (AvgIpc) is 2.39. The van der Waals surface area contributed by atoms with Crippen molar-refractivity contribution in [2.45, 2.75) is 65.5 Å². The first-order valence-corrected chi connectivity index (χ1v) is 7.21. The lowest BCUT2D eigenvalue weighted by Gasteiger charge is -2.30. The van der Waals surface area contributed by atoms with Crippen molar-refractivity contribution in [2.24, 2.45) is 0 Å². The summed E-state index contributed by atoms with van der Waals surface area (Å²) in [6.45, 7) is 8.11. The van der Waals surface area contributed by atoms with Crippen LogP contribution in [0.3, 0.4) is 0 Å². The molecule has 0 aromatic rings. The van der Waals surface area contributed by atoms with Gasteiger partial charge >= 0.3 is 6.16 Å². The normalized spacial score (nSPS) is 12.0. The minimum Gasteiger partial charge on any atom is -0.307 e. The summed E-state index contributed by atoms with van der Waals surface area (Å²) in [5, 5.41) is 0. The lowest BCUT2D eigenvalue weighted by atomic mass is 10.3.